The zero-order chi connectivity index (χ0) is 18.9. The number of rotatable bonds is 4. The Bertz CT molecular complexity index is 745. The van der Waals surface area contributed by atoms with Crippen LogP contribution in [0.25, 0.3) is 0 Å². The van der Waals surface area contributed by atoms with Crippen LogP contribution < -0.4 is 5.32 Å². The Balaban J connectivity index is 1.56. The van der Waals surface area contributed by atoms with Crippen LogP contribution in [0, 0.1) is 17.7 Å². The van der Waals surface area contributed by atoms with E-state index < -0.39 is 10.0 Å². The number of nitrogens with one attached hydrogen (secondary N) is 1. The lowest BCUT2D eigenvalue weighted by Crippen LogP contribution is -2.43. The summed E-state index contributed by atoms with van der Waals surface area (Å²) in [5, 5.41) is 2.86. The minimum Gasteiger partial charge on any atom is -0.326 e. The molecule has 0 radical (unpaired) electrons. The van der Waals surface area contributed by atoms with Gasteiger partial charge in [0.2, 0.25) is 15.9 Å². The lowest BCUT2D eigenvalue weighted by Gasteiger charge is -2.35. The van der Waals surface area contributed by atoms with Crippen molar-refractivity contribution in [2.45, 2.75) is 25.3 Å². The maximum absolute atomic E-state index is 13.0. The Hall–Kier alpha value is -1.51. The van der Waals surface area contributed by atoms with Gasteiger partial charge in [0.05, 0.1) is 12.2 Å². The molecule has 0 saturated carbocycles. The normalized spacial score (nSPS) is 26.1. The van der Waals surface area contributed by atoms with Gasteiger partial charge in [0.1, 0.15) is 5.82 Å². The quantitative estimate of drug-likeness (QED) is 0.860. The van der Waals surface area contributed by atoms with Crippen molar-refractivity contribution in [2.75, 3.05) is 38.3 Å². The van der Waals surface area contributed by atoms with E-state index in [2.05, 4.69) is 10.2 Å². The molecule has 0 aromatic heterocycles. The second-order valence-electron chi connectivity index (χ2n) is 7.44. The van der Waals surface area contributed by atoms with Gasteiger partial charge in [-0.25, -0.2) is 17.1 Å². The van der Waals surface area contributed by atoms with Crippen LogP contribution in [-0.4, -0.2) is 62.5 Å². The fourth-order valence-electron chi connectivity index (χ4n) is 4.14. The van der Waals surface area contributed by atoms with Gasteiger partial charge in [-0.15, -0.1) is 0 Å². The van der Waals surface area contributed by atoms with Crippen molar-refractivity contribution in [1.82, 2.24) is 9.21 Å². The molecule has 0 unspecified atom stereocenters. The van der Waals surface area contributed by atoms with E-state index in [9.17, 15) is 17.6 Å². The summed E-state index contributed by atoms with van der Waals surface area (Å²) in [6.07, 6.45) is 3.68. The van der Waals surface area contributed by atoms with Crippen molar-refractivity contribution in [2.24, 2.45) is 11.8 Å². The van der Waals surface area contributed by atoms with Crippen LogP contribution in [-0.2, 0) is 14.8 Å². The molecule has 1 aromatic rings. The van der Waals surface area contributed by atoms with Gasteiger partial charge in [0.15, 0.2) is 0 Å². The highest BCUT2D eigenvalue weighted by atomic mass is 32.2. The van der Waals surface area contributed by atoms with Gasteiger partial charge in [-0.2, -0.15) is 0 Å². The van der Waals surface area contributed by atoms with Crippen molar-refractivity contribution in [3.8, 4) is 0 Å². The number of hydrogen-bond donors (Lipinski definition) is 1. The van der Waals surface area contributed by atoms with E-state index >= 15 is 0 Å². The molecule has 144 valence electrons. The van der Waals surface area contributed by atoms with Gasteiger partial charge >= 0.3 is 0 Å². The molecule has 1 N–H and O–H groups in total. The molecular formula is C18H26FN3O3S. The molecule has 8 heteroatoms. The molecule has 2 fully saturated rings. The third-order valence-electron chi connectivity index (χ3n) is 5.59. The molecule has 2 aliphatic heterocycles. The van der Waals surface area contributed by atoms with Crippen LogP contribution in [0.15, 0.2) is 24.3 Å². The summed E-state index contributed by atoms with van der Waals surface area (Å²) in [4.78, 5) is 14.8. The van der Waals surface area contributed by atoms with E-state index in [1.54, 1.807) is 12.1 Å². The Labute approximate surface area is 154 Å². The van der Waals surface area contributed by atoms with Crippen molar-refractivity contribution >= 4 is 21.6 Å². The molecule has 2 aliphatic rings. The molecule has 2 heterocycles. The summed E-state index contributed by atoms with van der Waals surface area (Å²) >= 11 is 0. The predicted octanol–water partition coefficient (Wildman–Crippen LogP) is 1.76. The monoisotopic (exact) mass is 383 g/mol. The van der Waals surface area contributed by atoms with E-state index in [0.717, 1.165) is 19.3 Å². The number of anilines is 1. The number of sulfonamides is 1. The lowest BCUT2D eigenvalue weighted by molar-refractivity contribution is -0.119. The third-order valence-corrected chi connectivity index (χ3v) is 6.90. The summed E-state index contributed by atoms with van der Waals surface area (Å²) in [6.45, 7) is 1.80. The average molecular weight is 383 g/mol. The molecule has 3 rings (SSSR count). The van der Waals surface area contributed by atoms with E-state index in [0.29, 0.717) is 37.3 Å². The second-order valence-corrected chi connectivity index (χ2v) is 9.42. The number of carbonyl (C=O) groups excluding carboxylic acids is 1. The Kier molecular flexibility index (Phi) is 5.64. The molecule has 0 bridgehead atoms. The summed E-state index contributed by atoms with van der Waals surface area (Å²) in [7, 11) is -1.09. The predicted molar refractivity (Wildman–Crippen MR) is 98.7 cm³/mol. The van der Waals surface area contributed by atoms with E-state index in [4.69, 9.17) is 0 Å². The number of benzene rings is 1. The fraction of sp³-hybridized carbons (Fsp3) is 0.611. The van der Waals surface area contributed by atoms with Crippen molar-refractivity contribution in [3.63, 3.8) is 0 Å². The Morgan fingerprint density at radius 3 is 2.38 bits per heavy atom. The maximum atomic E-state index is 13.0. The van der Waals surface area contributed by atoms with Crippen LogP contribution in [0.4, 0.5) is 10.1 Å². The maximum Gasteiger partial charge on any atom is 0.228 e. The van der Waals surface area contributed by atoms with Crippen LogP contribution in [0.1, 0.15) is 19.3 Å². The fourth-order valence-corrected chi connectivity index (χ4v) is 5.02. The van der Waals surface area contributed by atoms with Gasteiger partial charge in [0.25, 0.3) is 0 Å². The lowest BCUT2D eigenvalue weighted by atomic mass is 9.87. The number of nitrogens with zero attached hydrogens (tertiary/aromatic N) is 2. The van der Waals surface area contributed by atoms with Gasteiger partial charge in [-0.1, -0.05) is 0 Å². The number of halogens is 1. The van der Waals surface area contributed by atoms with Crippen LogP contribution in [0.3, 0.4) is 0 Å². The third kappa shape index (κ3) is 4.42. The molecule has 2 saturated heterocycles. The summed E-state index contributed by atoms with van der Waals surface area (Å²) in [5.41, 5.74) is 0.601. The minimum absolute atomic E-state index is 0.0421. The molecule has 2 atom stereocenters. The molecular weight excluding hydrogens is 357 g/mol. The van der Waals surface area contributed by atoms with Crippen LogP contribution in [0.2, 0.25) is 0 Å². The van der Waals surface area contributed by atoms with Crippen LogP contribution in [0.5, 0.6) is 0 Å². The summed E-state index contributed by atoms with van der Waals surface area (Å²) < 4.78 is 37.8. The molecule has 1 aromatic carbocycles. The first-order valence-corrected chi connectivity index (χ1v) is 10.8. The molecule has 0 aliphatic carbocycles. The first kappa shape index (κ1) is 19.3. The second kappa shape index (κ2) is 7.62. The van der Waals surface area contributed by atoms with E-state index in [-0.39, 0.29) is 17.6 Å². The van der Waals surface area contributed by atoms with Gasteiger partial charge < -0.3 is 10.2 Å². The number of amides is 1. The molecule has 6 nitrogen and oxygen atoms in total. The Morgan fingerprint density at radius 2 is 1.81 bits per heavy atom. The topological polar surface area (TPSA) is 69.7 Å². The van der Waals surface area contributed by atoms with Gasteiger partial charge in [-0.05, 0) is 56.5 Å². The number of carbonyl (C=O) groups is 1. The smallest absolute Gasteiger partial charge is 0.228 e. The summed E-state index contributed by atoms with van der Waals surface area (Å²) in [5.74, 6) is -0.0757. The first-order valence-electron chi connectivity index (χ1n) is 8.96. The standard InChI is InChI=1S/C18H26FN3O3S/c1-21-12-14(18(23)20-16-5-3-15(19)4-6-16)11-17(21)13-7-9-22(10-8-13)26(2,24)25/h3-6,13-14,17H,7-12H2,1-2H3,(H,20,23)/t14-,17-/m1/s1. The van der Waals surface area contributed by atoms with E-state index in [1.165, 1.54) is 22.7 Å². The SMILES string of the molecule is CN1C[C@H](C(=O)Nc2ccc(F)cc2)C[C@@H]1C1CCN(S(C)(=O)=O)CC1. The van der Waals surface area contributed by atoms with Crippen molar-refractivity contribution in [1.29, 1.82) is 0 Å². The van der Waals surface area contributed by atoms with Crippen LogP contribution >= 0.6 is 0 Å². The Morgan fingerprint density at radius 1 is 1.19 bits per heavy atom. The highest BCUT2D eigenvalue weighted by Gasteiger charge is 2.40. The summed E-state index contributed by atoms with van der Waals surface area (Å²) in [6, 6.07) is 6.07. The van der Waals surface area contributed by atoms with Gasteiger partial charge in [0, 0.05) is 31.4 Å². The highest BCUT2D eigenvalue weighted by molar-refractivity contribution is 7.88. The molecule has 0 spiro atoms. The zero-order valence-corrected chi connectivity index (χ0v) is 16.0. The molecule has 26 heavy (non-hydrogen) atoms. The first-order chi connectivity index (χ1) is 12.2. The molecule has 1 amide bonds. The van der Waals surface area contributed by atoms with E-state index in [1.807, 2.05) is 7.05 Å². The highest BCUT2D eigenvalue weighted by Crippen LogP contribution is 2.33. The number of likely N-dealkylation sites (tertiary alicyclic amines) is 1. The number of hydrogen-bond acceptors (Lipinski definition) is 4. The van der Waals surface area contributed by atoms with Gasteiger partial charge in [-0.3, -0.25) is 4.79 Å². The van der Waals surface area contributed by atoms with Crippen molar-refractivity contribution < 1.29 is 17.6 Å². The largest absolute Gasteiger partial charge is 0.326 e. The average Bonchev–Trinajstić information content (AvgIpc) is 2.98. The van der Waals surface area contributed by atoms with Crippen molar-refractivity contribution in [3.05, 3.63) is 30.1 Å². The zero-order valence-electron chi connectivity index (χ0n) is 15.2. The number of piperidine rings is 1. The minimum atomic E-state index is -3.12.